The molecule has 9 nitrogen and oxygen atoms in total. The Morgan fingerprint density at radius 3 is 2.54 bits per heavy atom. The number of nitrogens with zero attached hydrogens (tertiary/aromatic N) is 6. The number of thiocarbonyl (C=S) groups is 1. The molecule has 0 atom stereocenters. The molecule has 5 rings (SSSR count). The molecular weight excluding hydrogens is 512 g/mol. The Balaban J connectivity index is 1.48. The third-order valence-corrected chi connectivity index (χ3v) is 7.50. The molecule has 2 aliphatic rings. The van der Waals surface area contributed by atoms with Crippen LogP contribution in [0.15, 0.2) is 47.5 Å². The monoisotopic (exact) mass is 536 g/mol. The van der Waals surface area contributed by atoms with E-state index in [2.05, 4.69) is 9.88 Å². The molecule has 0 N–H and O–H groups in total. The van der Waals surface area contributed by atoms with E-state index >= 15 is 0 Å². The molecule has 0 aliphatic carbocycles. The van der Waals surface area contributed by atoms with Crippen molar-refractivity contribution in [3.63, 3.8) is 0 Å². The first kappa shape index (κ1) is 25.3. The van der Waals surface area contributed by atoms with Crippen molar-refractivity contribution in [2.75, 3.05) is 42.6 Å². The van der Waals surface area contributed by atoms with Crippen LogP contribution < -0.4 is 15.4 Å². The molecule has 0 saturated carbocycles. The van der Waals surface area contributed by atoms with Crippen molar-refractivity contribution >= 4 is 57.1 Å². The zero-order valence-corrected chi connectivity index (χ0v) is 22.1. The minimum Gasteiger partial charge on any atom is -0.379 e. The first-order valence-corrected chi connectivity index (χ1v) is 12.7. The van der Waals surface area contributed by atoms with Crippen molar-refractivity contribution in [3.05, 3.63) is 63.7 Å². The van der Waals surface area contributed by atoms with Gasteiger partial charge in [0, 0.05) is 31.9 Å². The van der Waals surface area contributed by atoms with Gasteiger partial charge in [0.1, 0.15) is 11.6 Å². The van der Waals surface area contributed by atoms with Crippen molar-refractivity contribution in [3.8, 4) is 6.07 Å². The molecule has 2 aromatic carbocycles. The number of hydrogen-bond donors (Lipinski definition) is 0. The van der Waals surface area contributed by atoms with Gasteiger partial charge < -0.3 is 9.64 Å². The van der Waals surface area contributed by atoms with Crippen molar-refractivity contribution in [1.29, 1.82) is 5.26 Å². The maximum atomic E-state index is 13.5. The highest BCUT2D eigenvalue weighted by Gasteiger charge is 2.50. The summed E-state index contributed by atoms with van der Waals surface area (Å²) in [5, 5.41) is 10.1. The summed E-state index contributed by atoms with van der Waals surface area (Å²) >= 11 is 12.0. The Hall–Kier alpha value is -3.36. The lowest BCUT2D eigenvalue weighted by Gasteiger charge is -2.29. The van der Waals surface area contributed by atoms with E-state index in [1.165, 1.54) is 4.90 Å². The number of morpholine rings is 1. The second-order valence-corrected chi connectivity index (χ2v) is 10.3. The topological polar surface area (TPSA) is 94.7 Å². The number of rotatable bonds is 5. The number of aromatic nitrogens is 2. The smallest absolute Gasteiger partial charge is 0.261 e. The number of carbonyl (C=O) groups excluding carboxylic acids is 1. The van der Waals surface area contributed by atoms with Gasteiger partial charge in [-0.2, -0.15) is 5.26 Å². The second-order valence-electron chi connectivity index (χ2n) is 9.49. The summed E-state index contributed by atoms with van der Waals surface area (Å²) in [6.45, 7) is 7.89. The van der Waals surface area contributed by atoms with E-state index in [1.807, 2.05) is 12.1 Å². The van der Waals surface area contributed by atoms with Crippen LogP contribution in [0, 0.1) is 11.3 Å². The largest absolute Gasteiger partial charge is 0.379 e. The maximum absolute atomic E-state index is 13.5. The van der Waals surface area contributed by atoms with Gasteiger partial charge in [0.2, 0.25) is 0 Å². The number of fused-ring (bicyclic) bond motifs is 1. The molecule has 37 heavy (non-hydrogen) atoms. The SMILES string of the molecule is CC1(C)C(=O)N(c2ccc(C#N)c(Cl)c2)C(=S)N1c1ccc2ncn(CCN3CCOCC3)c(=O)c2c1. The fraction of sp³-hybridized carbons (Fsp3) is 0.346. The van der Waals surface area contributed by atoms with Crippen LogP contribution in [0.25, 0.3) is 10.9 Å². The van der Waals surface area contributed by atoms with Gasteiger partial charge >= 0.3 is 0 Å². The number of amides is 1. The van der Waals surface area contributed by atoms with Crippen LogP contribution in [0.4, 0.5) is 11.4 Å². The predicted molar refractivity (Wildman–Crippen MR) is 146 cm³/mol. The van der Waals surface area contributed by atoms with Crippen LogP contribution in [0.2, 0.25) is 5.02 Å². The fourth-order valence-electron chi connectivity index (χ4n) is 4.71. The molecule has 2 fully saturated rings. The molecule has 0 radical (unpaired) electrons. The van der Waals surface area contributed by atoms with E-state index < -0.39 is 5.54 Å². The first-order chi connectivity index (χ1) is 17.7. The molecule has 0 bridgehead atoms. The molecule has 2 aliphatic heterocycles. The number of nitriles is 1. The molecule has 3 aromatic rings. The zero-order chi connectivity index (χ0) is 26.3. The van der Waals surface area contributed by atoms with Gasteiger partial charge in [0.15, 0.2) is 5.11 Å². The molecule has 190 valence electrons. The van der Waals surface area contributed by atoms with Crippen LogP contribution >= 0.6 is 23.8 Å². The van der Waals surface area contributed by atoms with E-state index in [4.69, 9.17) is 28.6 Å². The van der Waals surface area contributed by atoms with Gasteiger partial charge in [-0.1, -0.05) is 11.6 Å². The summed E-state index contributed by atoms with van der Waals surface area (Å²) in [7, 11) is 0. The molecule has 2 saturated heterocycles. The van der Waals surface area contributed by atoms with Gasteiger partial charge in [-0.3, -0.25) is 24.0 Å². The van der Waals surface area contributed by atoms with Crippen LogP contribution in [0.1, 0.15) is 19.4 Å². The highest BCUT2D eigenvalue weighted by Crippen LogP contribution is 2.37. The molecule has 3 heterocycles. The van der Waals surface area contributed by atoms with Gasteiger partial charge in [0.05, 0.1) is 46.7 Å². The molecule has 0 spiro atoms. The van der Waals surface area contributed by atoms with Crippen LogP contribution in [-0.2, 0) is 16.1 Å². The Morgan fingerprint density at radius 2 is 1.84 bits per heavy atom. The average Bonchev–Trinajstić information content (AvgIpc) is 3.07. The van der Waals surface area contributed by atoms with Crippen molar-refractivity contribution in [2.45, 2.75) is 25.9 Å². The van der Waals surface area contributed by atoms with E-state index in [1.54, 1.807) is 60.0 Å². The second kappa shape index (κ2) is 9.84. The summed E-state index contributed by atoms with van der Waals surface area (Å²) < 4.78 is 7.01. The third-order valence-electron chi connectivity index (χ3n) is 6.83. The van der Waals surface area contributed by atoms with Gasteiger partial charge in [-0.25, -0.2) is 4.98 Å². The summed E-state index contributed by atoms with van der Waals surface area (Å²) in [4.78, 5) is 36.8. The third kappa shape index (κ3) is 4.49. The van der Waals surface area contributed by atoms with Gasteiger partial charge in [-0.15, -0.1) is 0 Å². The Kier molecular flexibility index (Phi) is 6.72. The van der Waals surface area contributed by atoms with E-state index in [0.29, 0.717) is 47.6 Å². The quantitative estimate of drug-likeness (QED) is 0.459. The zero-order valence-electron chi connectivity index (χ0n) is 20.5. The minimum atomic E-state index is -1.03. The maximum Gasteiger partial charge on any atom is 0.261 e. The molecule has 0 unspecified atom stereocenters. The van der Waals surface area contributed by atoms with Crippen molar-refractivity contribution in [2.24, 2.45) is 0 Å². The highest BCUT2D eigenvalue weighted by molar-refractivity contribution is 7.81. The fourth-order valence-corrected chi connectivity index (χ4v) is 5.45. The summed E-state index contributed by atoms with van der Waals surface area (Å²) in [5.74, 6) is -0.243. The number of carbonyl (C=O) groups is 1. The highest BCUT2D eigenvalue weighted by atomic mass is 35.5. The minimum absolute atomic E-state index is 0.148. The van der Waals surface area contributed by atoms with E-state index in [0.717, 1.165) is 19.6 Å². The normalized spacial score (nSPS) is 18.0. The first-order valence-electron chi connectivity index (χ1n) is 11.9. The summed E-state index contributed by atoms with van der Waals surface area (Å²) in [6, 6.07) is 12.1. The van der Waals surface area contributed by atoms with E-state index in [-0.39, 0.29) is 21.6 Å². The molecule has 11 heteroatoms. The number of anilines is 2. The van der Waals surface area contributed by atoms with Crippen LogP contribution in [0.3, 0.4) is 0 Å². The predicted octanol–water partition coefficient (Wildman–Crippen LogP) is 3.17. The summed E-state index contributed by atoms with van der Waals surface area (Å²) in [6.07, 6.45) is 1.58. The lowest BCUT2D eigenvalue weighted by Crippen LogP contribution is -2.44. The lowest BCUT2D eigenvalue weighted by molar-refractivity contribution is -0.120. The van der Waals surface area contributed by atoms with Crippen LogP contribution in [-0.4, -0.2) is 63.9 Å². The number of hydrogen-bond acceptors (Lipinski definition) is 7. The number of ether oxygens (including phenoxy) is 1. The number of halogens is 1. The van der Waals surface area contributed by atoms with Crippen molar-refractivity contribution in [1.82, 2.24) is 14.5 Å². The van der Waals surface area contributed by atoms with Gasteiger partial charge in [-0.05, 0) is 62.5 Å². The molecular formula is C26H25ClN6O3S. The van der Waals surface area contributed by atoms with Crippen molar-refractivity contribution < 1.29 is 9.53 Å². The Bertz CT molecular complexity index is 1510. The summed E-state index contributed by atoms with van der Waals surface area (Å²) in [5.41, 5.74) is 0.797. The molecule has 1 aromatic heterocycles. The lowest BCUT2D eigenvalue weighted by atomic mass is 10.0. The Morgan fingerprint density at radius 1 is 1.11 bits per heavy atom. The molecule has 1 amide bonds. The average molecular weight is 537 g/mol. The van der Waals surface area contributed by atoms with Gasteiger partial charge in [0.25, 0.3) is 11.5 Å². The van der Waals surface area contributed by atoms with Crippen LogP contribution in [0.5, 0.6) is 0 Å². The van der Waals surface area contributed by atoms with E-state index in [9.17, 15) is 14.9 Å². The number of benzene rings is 2. The Labute approximate surface area is 224 Å². The standard InChI is InChI=1S/C26H25ClN6O3S/c1-26(2)24(35)32(18-4-3-17(15-28)21(27)14-18)25(37)33(26)19-5-6-22-20(13-19)23(34)31(16-29-22)8-7-30-9-11-36-12-10-30/h3-6,13-14,16H,7-12H2,1-2H3.